The highest BCUT2D eigenvalue weighted by atomic mass is 35.5. The highest BCUT2D eigenvalue weighted by Crippen LogP contribution is 2.41. The van der Waals surface area contributed by atoms with Gasteiger partial charge in [0.15, 0.2) is 0 Å². The van der Waals surface area contributed by atoms with Gasteiger partial charge >= 0.3 is 0 Å². The van der Waals surface area contributed by atoms with E-state index in [0.29, 0.717) is 18.0 Å². The van der Waals surface area contributed by atoms with Gasteiger partial charge in [0.1, 0.15) is 5.65 Å². The van der Waals surface area contributed by atoms with E-state index in [1.54, 1.807) is 0 Å². The standard InChI is InChI=1S/C28H46N6O.ClH/c1-3-4-20(2)31-28-30-17-25-26(19-34(27(25)32-28)23-9-11-24(35)12-10-23)22-7-5-21(6-8-22)18-33-15-13-29-14-16-33;/h17,19-24,29,35H,3-16,18H2,1-2H3,(H,30,31,32);1H/t20-,21-,22-,23-,24-;/m0./s1. The van der Waals surface area contributed by atoms with Crippen LogP contribution in [0.15, 0.2) is 12.4 Å². The van der Waals surface area contributed by atoms with Gasteiger partial charge in [0.2, 0.25) is 5.95 Å². The Labute approximate surface area is 223 Å². The fourth-order valence-electron chi connectivity index (χ4n) is 6.70. The van der Waals surface area contributed by atoms with Gasteiger partial charge in [0.05, 0.1) is 6.10 Å². The van der Waals surface area contributed by atoms with Gasteiger partial charge < -0.3 is 25.2 Å². The van der Waals surface area contributed by atoms with Gasteiger partial charge in [-0.15, -0.1) is 12.4 Å². The van der Waals surface area contributed by atoms with Crippen LogP contribution < -0.4 is 10.6 Å². The first-order valence-corrected chi connectivity index (χ1v) is 14.4. The first-order chi connectivity index (χ1) is 17.1. The topological polar surface area (TPSA) is 78.2 Å². The van der Waals surface area contributed by atoms with Crippen molar-refractivity contribution in [1.29, 1.82) is 0 Å². The maximum absolute atomic E-state index is 10.1. The summed E-state index contributed by atoms with van der Waals surface area (Å²) >= 11 is 0. The SMILES string of the molecule is CCC[C@H](C)Nc1ncc2c(n1)n([C@H]1CC[C@H](O)CC1)cc2[C@H]1CC[C@H](CN2CCNCC2)CC1.Cl. The zero-order chi connectivity index (χ0) is 24.2. The third kappa shape index (κ3) is 6.53. The first kappa shape index (κ1) is 27.6. The molecule has 0 aromatic carbocycles. The highest BCUT2D eigenvalue weighted by Gasteiger charge is 2.29. The number of aliphatic hydroxyl groups is 1. The summed E-state index contributed by atoms with van der Waals surface area (Å²) in [6.45, 7) is 10.4. The van der Waals surface area contributed by atoms with Crippen molar-refractivity contribution in [2.24, 2.45) is 5.92 Å². The van der Waals surface area contributed by atoms with Crippen LogP contribution in [0, 0.1) is 5.92 Å². The summed E-state index contributed by atoms with van der Waals surface area (Å²) in [6.07, 6.45) is 15.7. The van der Waals surface area contributed by atoms with Crippen molar-refractivity contribution in [3.05, 3.63) is 18.0 Å². The van der Waals surface area contributed by atoms with Crippen LogP contribution in [-0.2, 0) is 0 Å². The third-order valence-corrected chi connectivity index (χ3v) is 8.77. The van der Waals surface area contributed by atoms with Crippen LogP contribution in [0.1, 0.15) is 95.6 Å². The molecule has 0 radical (unpaired) electrons. The van der Waals surface area contributed by atoms with Gasteiger partial charge in [-0.1, -0.05) is 13.3 Å². The van der Waals surface area contributed by atoms with E-state index in [9.17, 15) is 5.11 Å². The molecule has 3 heterocycles. The number of hydrogen-bond donors (Lipinski definition) is 3. The van der Waals surface area contributed by atoms with E-state index in [0.717, 1.165) is 69.1 Å². The predicted molar refractivity (Wildman–Crippen MR) is 150 cm³/mol. The number of hydrogen-bond acceptors (Lipinski definition) is 6. The average molecular weight is 519 g/mol. The summed E-state index contributed by atoms with van der Waals surface area (Å²) in [7, 11) is 0. The van der Waals surface area contributed by atoms with Crippen LogP contribution >= 0.6 is 12.4 Å². The van der Waals surface area contributed by atoms with Crippen LogP contribution in [-0.4, -0.2) is 69.4 Å². The summed E-state index contributed by atoms with van der Waals surface area (Å²) in [4.78, 5) is 12.5. The van der Waals surface area contributed by atoms with Crippen molar-refractivity contribution < 1.29 is 5.11 Å². The van der Waals surface area contributed by atoms with Crippen LogP contribution in [0.4, 0.5) is 5.95 Å². The third-order valence-electron chi connectivity index (χ3n) is 8.77. The molecule has 2 saturated carbocycles. The van der Waals surface area contributed by atoms with E-state index in [2.05, 4.69) is 46.3 Å². The smallest absolute Gasteiger partial charge is 0.224 e. The Bertz CT molecular complexity index is 945. The minimum atomic E-state index is -0.139. The Morgan fingerprint density at radius 1 is 1.08 bits per heavy atom. The summed E-state index contributed by atoms with van der Waals surface area (Å²) in [5, 5.41) is 18.3. The molecule has 3 aliphatic rings. The Morgan fingerprint density at radius 2 is 1.81 bits per heavy atom. The number of rotatable bonds is 8. The molecule has 0 bridgehead atoms. The molecule has 7 nitrogen and oxygen atoms in total. The predicted octanol–water partition coefficient (Wildman–Crippen LogP) is 5.11. The number of aliphatic hydroxyl groups excluding tert-OH is 1. The molecule has 1 aliphatic heterocycles. The molecule has 2 aliphatic carbocycles. The van der Waals surface area contributed by atoms with Gasteiger partial charge in [-0.05, 0) is 82.1 Å². The molecular formula is C28H47ClN6O. The van der Waals surface area contributed by atoms with Crippen LogP contribution in [0.2, 0.25) is 0 Å². The van der Waals surface area contributed by atoms with Crippen molar-refractivity contribution in [2.75, 3.05) is 38.0 Å². The largest absolute Gasteiger partial charge is 0.393 e. The van der Waals surface area contributed by atoms with Crippen molar-refractivity contribution in [1.82, 2.24) is 24.8 Å². The van der Waals surface area contributed by atoms with Gasteiger partial charge in [-0.25, -0.2) is 4.98 Å². The second-order valence-corrected chi connectivity index (χ2v) is 11.5. The Morgan fingerprint density at radius 3 is 2.50 bits per heavy atom. The van der Waals surface area contributed by atoms with E-state index in [1.165, 1.54) is 56.3 Å². The fourth-order valence-corrected chi connectivity index (χ4v) is 6.70. The molecule has 0 spiro atoms. The van der Waals surface area contributed by atoms with Gasteiger partial charge in [-0.3, -0.25) is 0 Å². The summed E-state index contributed by atoms with van der Waals surface area (Å²) in [5.74, 6) is 2.19. The van der Waals surface area contributed by atoms with Crippen LogP contribution in [0.3, 0.4) is 0 Å². The minimum Gasteiger partial charge on any atom is -0.393 e. The zero-order valence-electron chi connectivity index (χ0n) is 22.3. The molecule has 3 fully saturated rings. The molecule has 0 amide bonds. The van der Waals surface area contributed by atoms with E-state index in [-0.39, 0.29) is 18.5 Å². The molecule has 36 heavy (non-hydrogen) atoms. The second-order valence-electron chi connectivity index (χ2n) is 11.5. The Hall–Kier alpha value is -1.41. The summed E-state index contributed by atoms with van der Waals surface area (Å²) in [5.41, 5.74) is 2.55. The molecule has 5 rings (SSSR count). The molecule has 1 saturated heterocycles. The molecule has 3 N–H and O–H groups in total. The molecule has 8 heteroatoms. The summed E-state index contributed by atoms with van der Waals surface area (Å²) in [6, 6.07) is 0.797. The van der Waals surface area contributed by atoms with Crippen LogP contribution in [0.5, 0.6) is 0 Å². The molecule has 0 unspecified atom stereocenters. The maximum Gasteiger partial charge on any atom is 0.224 e. The lowest BCUT2D eigenvalue weighted by Crippen LogP contribution is -2.45. The molecular weight excluding hydrogens is 472 g/mol. The van der Waals surface area contributed by atoms with Crippen LogP contribution in [0.25, 0.3) is 11.0 Å². The normalized spacial score (nSPS) is 28.5. The number of halogens is 1. The van der Waals surface area contributed by atoms with E-state index in [1.807, 2.05) is 0 Å². The number of piperazine rings is 1. The lowest BCUT2D eigenvalue weighted by Gasteiger charge is -2.34. The summed E-state index contributed by atoms with van der Waals surface area (Å²) < 4.78 is 2.45. The van der Waals surface area contributed by atoms with E-state index in [4.69, 9.17) is 9.97 Å². The Kier molecular flexibility index (Phi) is 9.90. The number of nitrogens with one attached hydrogen (secondary N) is 2. The minimum absolute atomic E-state index is 0. The number of fused-ring (bicyclic) bond motifs is 1. The average Bonchev–Trinajstić information content (AvgIpc) is 3.24. The molecule has 2 aromatic heterocycles. The molecule has 202 valence electrons. The maximum atomic E-state index is 10.1. The van der Waals surface area contributed by atoms with Crippen molar-refractivity contribution in [3.63, 3.8) is 0 Å². The quantitative estimate of drug-likeness (QED) is 0.451. The molecule has 1 atom stereocenters. The Balaban J connectivity index is 0.00000304. The number of anilines is 1. The number of nitrogens with zero attached hydrogens (tertiary/aromatic N) is 4. The van der Waals surface area contributed by atoms with Gasteiger partial charge in [0.25, 0.3) is 0 Å². The van der Waals surface area contributed by atoms with Crippen molar-refractivity contribution >= 4 is 29.4 Å². The fraction of sp³-hybridized carbons (Fsp3) is 0.786. The zero-order valence-corrected chi connectivity index (χ0v) is 23.1. The number of aromatic nitrogens is 3. The van der Waals surface area contributed by atoms with Gasteiger partial charge in [0, 0.05) is 62.6 Å². The lowest BCUT2D eigenvalue weighted by molar-refractivity contribution is 0.111. The first-order valence-electron chi connectivity index (χ1n) is 14.4. The van der Waals surface area contributed by atoms with Crippen molar-refractivity contribution in [2.45, 2.75) is 102 Å². The monoisotopic (exact) mass is 518 g/mol. The second kappa shape index (κ2) is 12.9. The highest BCUT2D eigenvalue weighted by molar-refractivity contribution is 5.85. The van der Waals surface area contributed by atoms with Crippen molar-refractivity contribution in [3.8, 4) is 0 Å². The molecule has 2 aromatic rings. The lowest BCUT2D eigenvalue weighted by atomic mass is 9.78. The van der Waals surface area contributed by atoms with E-state index < -0.39 is 0 Å². The van der Waals surface area contributed by atoms with E-state index >= 15 is 0 Å². The van der Waals surface area contributed by atoms with Gasteiger partial charge in [-0.2, -0.15) is 4.98 Å².